The van der Waals surface area contributed by atoms with Crippen molar-refractivity contribution in [1.82, 2.24) is 4.72 Å². The molecule has 0 aliphatic rings. The second-order valence-electron chi connectivity index (χ2n) is 5.06. The molecule has 0 spiro atoms. The van der Waals surface area contributed by atoms with Crippen molar-refractivity contribution in [2.45, 2.75) is 44.4 Å². The normalized spacial score (nSPS) is 14.5. The second-order valence-corrected chi connectivity index (χ2v) is 6.85. The van der Waals surface area contributed by atoms with Crippen LogP contribution in [-0.2, 0) is 0 Å². The number of nitroso groups, excluding NO2 is 1. The average molecular weight is 435 g/mol. The van der Waals surface area contributed by atoms with Crippen LogP contribution in [0.3, 0.4) is 0 Å². The third-order valence-electron chi connectivity index (χ3n) is 3.20. The SMILES string of the molecule is CCCCSNC(CC(N=O)C(F)(F)F)c1cc(Br)c(F)cc1F. The van der Waals surface area contributed by atoms with Crippen molar-refractivity contribution in [2.24, 2.45) is 5.18 Å². The maximum Gasteiger partial charge on any atom is 0.414 e. The summed E-state index contributed by atoms with van der Waals surface area (Å²) in [6.45, 7) is 1.95. The molecule has 24 heavy (non-hydrogen) atoms. The Labute approximate surface area is 149 Å². The van der Waals surface area contributed by atoms with Crippen LogP contribution in [0.2, 0.25) is 0 Å². The minimum Gasteiger partial charge on any atom is -0.256 e. The van der Waals surface area contributed by atoms with Gasteiger partial charge in [0.2, 0.25) is 0 Å². The third kappa shape index (κ3) is 6.29. The number of benzene rings is 1. The molecule has 0 radical (unpaired) electrons. The van der Waals surface area contributed by atoms with Gasteiger partial charge < -0.3 is 0 Å². The molecule has 2 atom stereocenters. The molecule has 0 saturated heterocycles. The summed E-state index contributed by atoms with van der Waals surface area (Å²) in [6.07, 6.45) is -3.91. The van der Waals surface area contributed by atoms with Crippen LogP contribution in [0.5, 0.6) is 0 Å². The summed E-state index contributed by atoms with van der Waals surface area (Å²) in [5.74, 6) is -1.26. The van der Waals surface area contributed by atoms with Gasteiger partial charge in [0.1, 0.15) is 11.6 Å². The van der Waals surface area contributed by atoms with Crippen LogP contribution in [0.4, 0.5) is 22.0 Å². The zero-order valence-electron chi connectivity index (χ0n) is 12.7. The molecule has 1 rings (SSSR count). The molecule has 2 unspecified atom stereocenters. The molecule has 136 valence electrons. The van der Waals surface area contributed by atoms with Crippen molar-refractivity contribution < 1.29 is 22.0 Å². The zero-order chi connectivity index (χ0) is 18.3. The molecular weight excluding hydrogens is 419 g/mol. The van der Waals surface area contributed by atoms with Gasteiger partial charge in [0.25, 0.3) is 0 Å². The number of hydrogen-bond acceptors (Lipinski definition) is 4. The molecule has 0 fully saturated rings. The van der Waals surface area contributed by atoms with Gasteiger partial charge in [-0.25, -0.2) is 8.78 Å². The molecule has 1 N–H and O–H groups in total. The van der Waals surface area contributed by atoms with E-state index in [2.05, 4.69) is 25.8 Å². The maximum atomic E-state index is 14.0. The highest BCUT2D eigenvalue weighted by Gasteiger charge is 2.43. The first-order chi connectivity index (χ1) is 11.2. The first kappa shape index (κ1) is 21.3. The number of rotatable bonds is 9. The van der Waals surface area contributed by atoms with Crippen molar-refractivity contribution >= 4 is 27.9 Å². The van der Waals surface area contributed by atoms with E-state index < -0.39 is 36.3 Å². The lowest BCUT2D eigenvalue weighted by molar-refractivity contribution is -0.149. The molecule has 0 aromatic heterocycles. The zero-order valence-corrected chi connectivity index (χ0v) is 15.1. The highest BCUT2D eigenvalue weighted by atomic mass is 79.9. The fourth-order valence-corrected chi connectivity index (χ4v) is 3.22. The number of hydrogen-bond donors (Lipinski definition) is 1. The Morgan fingerprint density at radius 3 is 2.50 bits per heavy atom. The first-order valence-electron chi connectivity index (χ1n) is 7.11. The molecule has 0 bridgehead atoms. The van der Waals surface area contributed by atoms with Gasteiger partial charge in [-0.2, -0.15) is 18.1 Å². The highest BCUT2D eigenvalue weighted by molar-refractivity contribution is 9.10. The number of nitrogens with one attached hydrogen (secondary N) is 1. The standard InChI is InChI=1S/C14H16BrF5N2OS/c1-2-3-4-24-22-12(7-13(21-23)14(18,19)20)8-5-9(15)11(17)6-10(8)16/h5-6,12-13,22H,2-4,7H2,1H3. The van der Waals surface area contributed by atoms with Gasteiger partial charge >= 0.3 is 6.18 Å². The van der Waals surface area contributed by atoms with Gasteiger partial charge in [-0.1, -0.05) is 30.5 Å². The fourth-order valence-electron chi connectivity index (χ4n) is 1.88. The summed E-state index contributed by atoms with van der Waals surface area (Å²) in [5, 5.41) is 2.11. The van der Waals surface area contributed by atoms with Crippen LogP contribution < -0.4 is 4.72 Å². The van der Waals surface area contributed by atoms with Crippen LogP contribution in [0.1, 0.15) is 37.8 Å². The molecule has 0 aliphatic heterocycles. The summed E-state index contributed by atoms with van der Waals surface area (Å²) >= 11 is 4.01. The lowest BCUT2D eigenvalue weighted by Crippen LogP contribution is -2.31. The van der Waals surface area contributed by atoms with Crippen molar-refractivity contribution in [3.05, 3.63) is 38.7 Å². The Morgan fingerprint density at radius 2 is 1.96 bits per heavy atom. The summed E-state index contributed by atoms with van der Waals surface area (Å²) in [6, 6.07) is -1.97. The van der Waals surface area contributed by atoms with Gasteiger partial charge in [-0.15, -0.1) is 0 Å². The van der Waals surface area contributed by atoms with Gasteiger partial charge in [-0.3, -0.25) is 4.72 Å². The van der Waals surface area contributed by atoms with Crippen LogP contribution in [0, 0.1) is 16.5 Å². The van der Waals surface area contributed by atoms with Gasteiger partial charge in [-0.05, 0) is 28.4 Å². The second kappa shape index (κ2) is 9.67. The Hall–Kier alpha value is -0.740. The van der Waals surface area contributed by atoms with Gasteiger partial charge in [0.15, 0.2) is 6.04 Å². The minimum atomic E-state index is -4.83. The van der Waals surface area contributed by atoms with Crippen molar-refractivity contribution in [3.8, 4) is 0 Å². The largest absolute Gasteiger partial charge is 0.414 e. The molecule has 3 nitrogen and oxygen atoms in total. The molecule has 0 heterocycles. The Morgan fingerprint density at radius 1 is 1.29 bits per heavy atom. The lowest BCUT2D eigenvalue weighted by atomic mass is 9.99. The summed E-state index contributed by atoms with van der Waals surface area (Å²) < 4.78 is 68.4. The third-order valence-corrected chi connectivity index (χ3v) is 4.76. The van der Waals surface area contributed by atoms with E-state index in [0.29, 0.717) is 11.8 Å². The van der Waals surface area contributed by atoms with Crippen molar-refractivity contribution in [1.29, 1.82) is 0 Å². The Kier molecular flexibility index (Phi) is 8.58. The number of nitrogens with zero attached hydrogens (tertiary/aromatic N) is 1. The molecule has 0 amide bonds. The van der Waals surface area contributed by atoms with Crippen LogP contribution in [0.25, 0.3) is 0 Å². The smallest absolute Gasteiger partial charge is 0.256 e. The van der Waals surface area contributed by atoms with E-state index in [0.717, 1.165) is 30.9 Å². The number of alkyl halides is 3. The first-order valence-corrected chi connectivity index (χ1v) is 8.89. The van der Waals surface area contributed by atoms with E-state index in [9.17, 15) is 26.9 Å². The van der Waals surface area contributed by atoms with Gasteiger partial charge in [0.05, 0.1) is 4.47 Å². The summed E-state index contributed by atoms with van der Waals surface area (Å²) in [5.41, 5.74) is -0.162. The number of unbranched alkanes of at least 4 members (excludes halogenated alkanes) is 1. The minimum absolute atomic E-state index is 0.0770. The predicted octanol–water partition coefficient (Wildman–Crippen LogP) is 5.89. The van der Waals surface area contributed by atoms with Gasteiger partial charge in [0, 0.05) is 29.8 Å². The van der Waals surface area contributed by atoms with E-state index in [1.165, 1.54) is 0 Å². The van der Waals surface area contributed by atoms with Crippen molar-refractivity contribution in [2.75, 3.05) is 5.75 Å². The van der Waals surface area contributed by atoms with E-state index in [-0.39, 0.29) is 10.0 Å². The lowest BCUT2D eigenvalue weighted by Gasteiger charge is -2.23. The molecule has 0 saturated carbocycles. The topological polar surface area (TPSA) is 41.5 Å². The van der Waals surface area contributed by atoms with E-state index in [4.69, 9.17) is 0 Å². The highest BCUT2D eigenvalue weighted by Crippen LogP contribution is 2.34. The average Bonchev–Trinajstić information content (AvgIpc) is 2.49. The van der Waals surface area contributed by atoms with Crippen molar-refractivity contribution in [3.63, 3.8) is 0 Å². The molecule has 1 aromatic rings. The maximum absolute atomic E-state index is 14.0. The van der Waals surface area contributed by atoms with E-state index in [1.54, 1.807) is 0 Å². The van der Waals surface area contributed by atoms with E-state index in [1.807, 2.05) is 6.92 Å². The molecular formula is C14H16BrF5N2OS. The number of halogens is 6. The predicted molar refractivity (Wildman–Crippen MR) is 87.6 cm³/mol. The monoisotopic (exact) mass is 434 g/mol. The van der Waals surface area contributed by atoms with Crippen LogP contribution >= 0.6 is 27.9 Å². The molecule has 0 aliphatic carbocycles. The molecule has 1 aromatic carbocycles. The van der Waals surface area contributed by atoms with E-state index >= 15 is 0 Å². The Balaban J connectivity index is 3.04. The summed E-state index contributed by atoms with van der Waals surface area (Å²) in [4.78, 5) is 10.5. The van der Waals surface area contributed by atoms with Crippen LogP contribution in [-0.4, -0.2) is 18.0 Å². The fraction of sp³-hybridized carbons (Fsp3) is 0.571. The molecule has 10 heteroatoms. The van der Waals surface area contributed by atoms with Crippen LogP contribution in [0.15, 0.2) is 21.8 Å². The quantitative estimate of drug-likeness (QED) is 0.173. The summed E-state index contributed by atoms with van der Waals surface area (Å²) in [7, 11) is 0. The Bertz CT molecular complexity index is 559.